The zero-order chi connectivity index (χ0) is 22.2. The summed E-state index contributed by atoms with van der Waals surface area (Å²) in [6, 6.07) is 4.65. The van der Waals surface area contributed by atoms with Gasteiger partial charge in [0.25, 0.3) is 0 Å². The topological polar surface area (TPSA) is 37.3 Å². The van der Waals surface area contributed by atoms with Gasteiger partial charge in [0.05, 0.1) is 5.41 Å². The molecule has 0 atom stereocenters. The molecular weight excluding hydrogens is 368 g/mol. The van der Waals surface area contributed by atoms with E-state index in [1.165, 1.54) is 75.3 Å². The number of carboxylic acid groups (broad SMARTS) is 1. The Morgan fingerprint density at radius 1 is 0.900 bits per heavy atom. The van der Waals surface area contributed by atoms with Crippen molar-refractivity contribution < 1.29 is 9.90 Å². The highest BCUT2D eigenvalue weighted by molar-refractivity contribution is 5.77. The van der Waals surface area contributed by atoms with E-state index in [-0.39, 0.29) is 5.41 Å². The third-order valence-electron chi connectivity index (χ3n) is 7.23. The maximum absolute atomic E-state index is 11.3. The molecule has 0 aliphatic heterocycles. The fraction of sp³-hybridized carbons (Fsp3) is 0.750. The number of rotatable bonds is 14. The summed E-state index contributed by atoms with van der Waals surface area (Å²) in [6.07, 6.45) is 16.4. The van der Waals surface area contributed by atoms with Crippen LogP contribution in [0.2, 0.25) is 0 Å². The van der Waals surface area contributed by atoms with E-state index in [0.717, 1.165) is 25.7 Å². The van der Waals surface area contributed by atoms with Gasteiger partial charge in [-0.2, -0.15) is 0 Å². The molecule has 1 N–H and O–H groups in total. The molecule has 0 bridgehead atoms. The predicted octanol–water partition coefficient (Wildman–Crippen LogP) is 8.20. The molecule has 1 aliphatic carbocycles. The lowest BCUT2D eigenvalue weighted by Gasteiger charge is -2.18. The summed E-state index contributed by atoms with van der Waals surface area (Å²) >= 11 is 0. The molecule has 30 heavy (non-hydrogen) atoms. The molecule has 0 radical (unpaired) electrons. The van der Waals surface area contributed by atoms with Gasteiger partial charge in [-0.1, -0.05) is 71.4 Å². The molecule has 2 heteroatoms. The van der Waals surface area contributed by atoms with Crippen molar-refractivity contribution >= 4 is 5.97 Å². The van der Waals surface area contributed by atoms with Crippen LogP contribution in [0.15, 0.2) is 12.1 Å². The average Bonchev–Trinajstić information content (AvgIpc) is 3.45. The second-order valence-electron chi connectivity index (χ2n) is 11.1. The minimum absolute atomic E-state index is 0.339. The normalized spacial score (nSPS) is 15.4. The molecule has 1 aliphatic rings. The van der Waals surface area contributed by atoms with Crippen LogP contribution in [0.5, 0.6) is 0 Å². The van der Waals surface area contributed by atoms with Gasteiger partial charge in [0.15, 0.2) is 0 Å². The molecule has 0 saturated heterocycles. The molecule has 1 saturated carbocycles. The molecule has 0 aromatic heterocycles. The summed E-state index contributed by atoms with van der Waals surface area (Å²) in [5.74, 6) is -0.569. The van der Waals surface area contributed by atoms with E-state index in [0.29, 0.717) is 5.41 Å². The van der Waals surface area contributed by atoms with Crippen LogP contribution in [0.1, 0.15) is 120 Å². The van der Waals surface area contributed by atoms with E-state index in [1.54, 1.807) is 11.1 Å². The number of hydrogen-bond donors (Lipinski definition) is 1. The average molecular weight is 415 g/mol. The predicted molar refractivity (Wildman–Crippen MR) is 128 cm³/mol. The molecule has 1 fully saturated rings. The van der Waals surface area contributed by atoms with Gasteiger partial charge in [0, 0.05) is 0 Å². The Kier molecular flexibility index (Phi) is 9.44. The van der Waals surface area contributed by atoms with E-state index < -0.39 is 5.97 Å². The zero-order valence-corrected chi connectivity index (χ0v) is 20.4. The van der Waals surface area contributed by atoms with Crippen molar-refractivity contribution in [2.45, 2.75) is 125 Å². The second-order valence-corrected chi connectivity index (χ2v) is 11.1. The highest BCUT2D eigenvalue weighted by Gasteiger charge is 2.49. The Morgan fingerprint density at radius 3 is 2.10 bits per heavy atom. The Balaban J connectivity index is 1.72. The van der Waals surface area contributed by atoms with Crippen molar-refractivity contribution in [3.63, 3.8) is 0 Å². The first kappa shape index (κ1) is 25.0. The van der Waals surface area contributed by atoms with Crippen LogP contribution < -0.4 is 0 Å². The molecular formula is C28H46O2. The number of aliphatic carboxylic acids is 1. The maximum Gasteiger partial charge on any atom is 0.309 e. The van der Waals surface area contributed by atoms with Crippen molar-refractivity contribution in [1.29, 1.82) is 0 Å². The van der Waals surface area contributed by atoms with Crippen molar-refractivity contribution in [2.24, 2.45) is 10.8 Å². The van der Waals surface area contributed by atoms with E-state index in [2.05, 4.69) is 46.8 Å². The Hall–Kier alpha value is -1.31. The first-order valence-electron chi connectivity index (χ1n) is 12.5. The van der Waals surface area contributed by atoms with Crippen molar-refractivity contribution in [3.8, 4) is 0 Å². The lowest BCUT2D eigenvalue weighted by Crippen LogP contribution is -2.14. The Bertz CT molecular complexity index is 677. The third kappa shape index (κ3) is 8.08. The van der Waals surface area contributed by atoms with Gasteiger partial charge in [-0.15, -0.1) is 0 Å². The molecule has 2 nitrogen and oxygen atoms in total. The van der Waals surface area contributed by atoms with Crippen LogP contribution in [0.4, 0.5) is 0 Å². The summed E-state index contributed by atoms with van der Waals surface area (Å²) < 4.78 is 0. The minimum atomic E-state index is -0.569. The van der Waals surface area contributed by atoms with Gasteiger partial charge in [-0.25, -0.2) is 0 Å². The van der Waals surface area contributed by atoms with Crippen LogP contribution in [0, 0.1) is 24.7 Å². The molecule has 0 unspecified atom stereocenters. The van der Waals surface area contributed by atoms with Crippen molar-refractivity contribution in [1.82, 2.24) is 0 Å². The highest BCUT2D eigenvalue weighted by Crippen LogP contribution is 2.50. The van der Waals surface area contributed by atoms with Crippen molar-refractivity contribution in [3.05, 3.63) is 34.4 Å². The zero-order valence-electron chi connectivity index (χ0n) is 20.4. The quantitative estimate of drug-likeness (QED) is 0.311. The van der Waals surface area contributed by atoms with Crippen LogP contribution >= 0.6 is 0 Å². The van der Waals surface area contributed by atoms with Crippen LogP contribution in [0.25, 0.3) is 0 Å². The van der Waals surface area contributed by atoms with Crippen LogP contribution in [-0.4, -0.2) is 11.1 Å². The largest absolute Gasteiger partial charge is 0.481 e. The SMILES string of the molecule is Cc1ccc(CCCCCCC2(C(=O)O)CC2)c(CCCCCCC(C)(C)C)c1C. The van der Waals surface area contributed by atoms with Gasteiger partial charge in [0.1, 0.15) is 0 Å². The summed E-state index contributed by atoms with van der Waals surface area (Å²) in [5, 5.41) is 9.29. The molecule has 0 spiro atoms. The Morgan fingerprint density at radius 2 is 1.50 bits per heavy atom. The van der Waals surface area contributed by atoms with Crippen molar-refractivity contribution in [2.75, 3.05) is 0 Å². The lowest BCUT2D eigenvalue weighted by atomic mass is 9.88. The first-order chi connectivity index (χ1) is 14.1. The maximum atomic E-state index is 11.3. The Labute approximate surface area is 185 Å². The number of unbranched alkanes of at least 4 members (excludes halogenated alkanes) is 6. The molecule has 170 valence electrons. The van der Waals surface area contributed by atoms with E-state index in [9.17, 15) is 9.90 Å². The van der Waals surface area contributed by atoms with E-state index in [1.807, 2.05) is 0 Å². The van der Waals surface area contributed by atoms with Gasteiger partial charge in [-0.3, -0.25) is 4.79 Å². The number of aryl methyl sites for hydroxylation is 2. The minimum Gasteiger partial charge on any atom is -0.481 e. The van der Waals surface area contributed by atoms with Gasteiger partial charge in [-0.05, 0) is 92.9 Å². The van der Waals surface area contributed by atoms with Crippen LogP contribution in [0.3, 0.4) is 0 Å². The number of carboxylic acids is 1. The fourth-order valence-electron chi connectivity index (χ4n) is 4.68. The monoisotopic (exact) mass is 414 g/mol. The third-order valence-corrected chi connectivity index (χ3v) is 7.23. The van der Waals surface area contributed by atoms with E-state index in [4.69, 9.17) is 0 Å². The van der Waals surface area contributed by atoms with E-state index >= 15 is 0 Å². The smallest absolute Gasteiger partial charge is 0.309 e. The summed E-state index contributed by atoms with van der Waals surface area (Å²) in [6.45, 7) is 11.6. The molecule has 1 aromatic carbocycles. The molecule has 0 amide bonds. The van der Waals surface area contributed by atoms with Gasteiger partial charge in [0.2, 0.25) is 0 Å². The second kappa shape index (κ2) is 11.3. The molecule has 1 aromatic rings. The van der Waals surface area contributed by atoms with Gasteiger partial charge < -0.3 is 5.11 Å². The van der Waals surface area contributed by atoms with Crippen LogP contribution in [-0.2, 0) is 17.6 Å². The van der Waals surface area contributed by atoms with Gasteiger partial charge >= 0.3 is 5.97 Å². The fourth-order valence-corrected chi connectivity index (χ4v) is 4.68. The molecule has 2 rings (SSSR count). The summed E-state index contributed by atoms with van der Waals surface area (Å²) in [7, 11) is 0. The number of carbonyl (C=O) groups is 1. The highest BCUT2D eigenvalue weighted by atomic mass is 16.4. The summed E-state index contributed by atoms with van der Waals surface area (Å²) in [5.41, 5.74) is 6.20. The standard InChI is InChI=1S/C28H46O2/c1-22-16-17-24(14-10-6-9-13-19-28(20-21-28)26(29)30)25(23(22)2)15-11-7-8-12-18-27(3,4)5/h16-17H,6-15,18-21H2,1-5H3,(H,29,30). The first-order valence-corrected chi connectivity index (χ1v) is 12.5. The molecule has 0 heterocycles. The number of hydrogen-bond acceptors (Lipinski definition) is 1. The number of benzene rings is 1. The summed E-state index contributed by atoms with van der Waals surface area (Å²) in [4.78, 5) is 11.3. The lowest BCUT2D eigenvalue weighted by molar-refractivity contribution is -0.143.